The lowest BCUT2D eigenvalue weighted by Crippen LogP contribution is -2.30. The number of hydrazine groups is 1. The summed E-state index contributed by atoms with van der Waals surface area (Å²) in [7, 11) is 1.82. The molecule has 4 nitrogen and oxygen atoms in total. The molecular weight excluding hydrogens is 347 g/mol. The van der Waals surface area contributed by atoms with Crippen LogP contribution in [-0.4, -0.2) is 9.78 Å². The van der Waals surface area contributed by atoms with Gasteiger partial charge < -0.3 is 0 Å². The number of rotatable bonds is 4. The largest absolute Gasteiger partial charge is 0.271 e. The third-order valence-corrected chi connectivity index (χ3v) is 4.10. The second-order valence-corrected chi connectivity index (χ2v) is 5.89. The van der Waals surface area contributed by atoms with Crippen LogP contribution in [0.5, 0.6) is 0 Å². The molecule has 1 heterocycles. The van der Waals surface area contributed by atoms with Crippen LogP contribution < -0.4 is 11.3 Å². The molecule has 1 aromatic carbocycles. The van der Waals surface area contributed by atoms with E-state index in [0.29, 0.717) is 15.9 Å². The van der Waals surface area contributed by atoms with Crippen LogP contribution >= 0.6 is 27.5 Å². The molecule has 20 heavy (non-hydrogen) atoms. The normalized spacial score (nSPS) is 12.7. The zero-order valence-corrected chi connectivity index (χ0v) is 13.5. The standard InChI is InChI=1S/C13H15BrClFN4/c1-7-13(15)12(20(2)19-7)6-11(18-17)8-3-9(14)5-10(16)4-8/h3-5,11,18H,6,17H2,1-2H3. The summed E-state index contributed by atoms with van der Waals surface area (Å²) in [5.74, 6) is 5.28. The molecule has 108 valence electrons. The van der Waals surface area contributed by atoms with Gasteiger partial charge in [0.05, 0.1) is 22.5 Å². The maximum absolute atomic E-state index is 13.5. The van der Waals surface area contributed by atoms with Gasteiger partial charge in [-0.25, -0.2) is 4.39 Å². The van der Waals surface area contributed by atoms with Crippen molar-refractivity contribution in [2.45, 2.75) is 19.4 Å². The van der Waals surface area contributed by atoms with Gasteiger partial charge in [-0.3, -0.25) is 16.0 Å². The summed E-state index contributed by atoms with van der Waals surface area (Å²) in [6.07, 6.45) is 0.516. The Morgan fingerprint density at radius 3 is 2.70 bits per heavy atom. The van der Waals surface area contributed by atoms with Gasteiger partial charge in [-0.05, 0) is 30.7 Å². The minimum atomic E-state index is -0.318. The zero-order valence-electron chi connectivity index (χ0n) is 11.1. The maximum Gasteiger partial charge on any atom is 0.124 e. The average molecular weight is 362 g/mol. The molecule has 0 saturated heterocycles. The molecule has 0 spiro atoms. The molecule has 0 aliphatic carbocycles. The van der Waals surface area contributed by atoms with Crippen LogP contribution in [0.4, 0.5) is 4.39 Å². The number of hydrogen-bond acceptors (Lipinski definition) is 3. The second-order valence-electron chi connectivity index (χ2n) is 4.60. The van der Waals surface area contributed by atoms with Crippen molar-refractivity contribution in [2.75, 3.05) is 0 Å². The summed E-state index contributed by atoms with van der Waals surface area (Å²) in [4.78, 5) is 0. The Kier molecular flexibility index (Phi) is 4.80. The molecule has 0 radical (unpaired) electrons. The number of hydrogen-bond donors (Lipinski definition) is 2. The first-order valence-corrected chi connectivity index (χ1v) is 7.19. The average Bonchev–Trinajstić information content (AvgIpc) is 2.60. The smallest absolute Gasteiger partial charge is 0.124 e. The van der Waals surface area contributed by atoms with Gasteiger partial charge in [0.25, 0.3) is 0 Å². The highest BCUT2D eigenvalue weighted by Crippen LogP contribution is 2.27. The summed E-state index contributed by atoms with van der Waals surface area (Å²) in [5.41, 5.74) is 5.06. The Morgan fingerprint density at radius 1 is 1.50 bits per heavy atom. The van der Waals surface area contributed by atoms with Gasteiger partial charge in [0, 0.05) is 17.9 Å². The molecule has 0 bridgehead atoms. The van der Waals surface area contributed by atoms with Crippen LogP contribution in [0.1, 0.15) is 23.0 Å². The summed E-state index contributed by atoms with van der Waals surface area (Å²) >= 11 is 9.51. The lowest BCUT2D eigenvalue weighted by molar-refractivity contribution is 0.524. The van der Waals surface area contributed by atoms with Crippen molar-refractivity contribution in [3.05, 3.63) is 50.5 Å². The van der Waals surface area contributed by atoms with Crippen LogP contribution in [-0.2, 0) is 13.5 Å². The Morgan fingerprint density at radius 2 is 2.20 bits per heavy atom. The molecular formula is C13H15BrClFN4. The predicted molar refractivity (Wildman–Crippen MR) is 80.8 cm³/mol. The molecule has 2 aromatic rings. The van der Waals surface area contributed by atoms with E-state index in [9.17, 15) is 4.39 Å². The van der Waals surface area contributed by atoms with E-state index in [-0.39, 0.29) is 11.9 Å². The first-order chi connectivity index (χ1) is 9.42. The Hall–Kier alpha value is -0.950. The van der Waals surface area contributed by atoms with E-state index >= 15 is 0 Å². The van der Waals surface area contributed by atoms with Crippen molar-refractivity contribution in [1.29, 1.82) is 0 Å². The van der Waals surface area contributed by atoms with Crippen molar-refractivity contribution < 1.29 is 4.39 Å². The first-order valence-electron chi connectivity index (χ1n) is 6.02. The van der Waals surface area contributed by atoms with Crippen molar-refractivity contribution in [3.8, 4) is 0 Å². The van der Waals surface area contributed by atoms with E-state index in [1.807, 2.05) is 20.0 Å². The van der Waals surface area contributed by atoms with Gasteiger partial charge in [0.15, 0.2) is 0 Å². The van der Waals surface area contributed by atoms with E-state index in [4.69, 9.17) is 17.4 Å². The fraction of sp³-hybridized carbons (Fsp3) is 0.308. The molecule has 0 fully saturated rings. The SMILES string of the molecule is Cc1nn(C)c(CC(NN)c2cc(F)cc(Br)c2)c1Cl. The molecule has 0 aliphatic heterocycles. The molecule has 7 heteroatoms. The van der Waals surface area contributed by atoms with Crippen LogP contribution in [0.3, 0.4) is 0 Å². The number of halogens is 3. The number of nitrogens with zero attached hydrogens (tertiary/aromatic N) is 2. The molecule has 3 N–H and O–H groups in total. The van der Waals surface area contributed by atoms with Crippen molar-refractivity contribution in [3.63, 3.8) is 0 Å². The number of aryl methyl sites for hydroxylation is 2. The highest BCUT2D eigenvalue weighted by molar-refractivity contribution is 9.10. The lowest BCUT2D eigenvalue weighted by Gasteiger charge is -2.17. The van der Waals surface area contributed by atoms with Crippen LogP contribution in [0.25, 0.3) is 0 Å². The summed E-state index contributed by atoms with van der Waals surface area (Å²) in [5, 5.41) is 4.87. The van der Waals surface area contributed by atoms with E-state index < -0.39 is 0 Å². The van der Waals surface area contributed by atoms with Crippen LogP contribution in [0.15, 0.2) is 22.7 Å². The fourth-order valence-electron chi connectivity index (χ4n) is 2.14. The van der Waals surface area contributed by atoms with Gasteiger partial charge >= 0.3 is 0 Å². The van der Waals surface area contributed by atoms with E-state index in [0.717, 1.165) is 17.0 Å². The van der Waals surface area contributed by atoms with Gasteiger partial charge in [0.2, 0.25) is 0 Å². The predicted octanol–water partition coefficient (Wildman–Crippen LogP) is 3.03. The monoisotopic (exact) mass is 360 g/mol. The van der Waals surface area contributed by atoms with Crippen LogP contribution in [0, 0.1) is 12.7 Å². The number of nitrogens with one attached hydrogen (secondary N) is 1. The maximum atomic E-state index is 13.5. The number of benzene rings is 1. The molecule has 1 aromatic heterocycles. The van der Waals surface area contributed by atoms with Crippen molar-refractivity contribution in [1.82, 2.24) is 15.2 Å². The Balaban J connectivity index is 2.33. The highest BCUT2D eigenvalue weighted by atomic mass is 79.9. The fourth-order valence-corrected chi connectivity index (χ4v) is 2.86. The minimum absolute atomic E-state index is 0.255. The second kappa shape index (κ2) is 6.22. The third-order valence-electron chi connectivity index (χ3n) is 3.15. The number of aromatic nitrogens is 2. The van der Waals surface area contributed by atoms with Gasteiger partial charge in [-0.15, -0.1) is 0 Å². The highest BCUT2D eigenvalue weighted by Gasteiger charge is 2.18. The van der Waals surface area contributed by atoms with Gasteiger partial charge in [-0.2, -0.15) is 5.10 Å². The summed E-state index contributed by atoms with van der Waals surface area (Å²) < 4.78 is 15.9. The first kappa shape index (κ1) is 15.4. The third kappa shape index (κ3) is 3.20. The summed E-state index contributed by atoms with van der Waals surface area (Å²) in [6, 6.07) is 4.42. The van der Waals surface area contributed by atoms with Gasteiger partial charge in [0.1, 0.15) is 5.82 Å². The number of nitrogens with two attached hydrogens (primary N) is 1. The lowest BCUT2D eigenvalue weighted by atomic mass is 10.0. The van der Waals surface area contributed by atoms with E-state index in [1.165, 1.54) is 12.1 Å². The topological polar surface area (TPSA) is 55.9 Å². The summed E-state index contributed by atoms with van der Waals surface area (Å²) in [6.45, 7) is 1.84. The molecule has 0 aliphatic rings. The van der Waals surface area contributed by atoms with Crippen LogP contribution in [0.2, 0.25) is 5.02 Å². The van der Waals surface area contributed by atoms with E-state index in [2.05, 4.69) is 26.5 Å². The van der Waals surface area contributed by atoms with Gasteiger partial charge in [-0.1, -0.05) is 27.5 Å². The molecule has 1 unspecified atom stereocenters. The quantitative estimate of drug-likeness (QED) is 0.650. The van der Waals surface area contributed by atoms with Crippen molar-refractivity contribution >= 4 is 27.5 Å². The molecule has 2 rings (SSSR count). The molecule has 0 amide bonds. The Labute approximate surface area is 130 Å². The molecule has 1 atom stereocenters. The van der Waals surface area contributed by atoms with Crippen molar-refractivity contribution in [2.24, 2.45) is 12.9 Å². The molecule has 0 saturated carbocycles. The minimum Gasteiger partial charge on any atom is -0.271 e. The Bertz CT molecular complexity index is 609. The zero-order chi connectivity index (χ0) is 14.9. The van der Waals surface area contributed by atoms with E-state index in [1.54, 1.807) is 4.68 Å².